The molecule has 0 saturated heterocycles. The molecule has 5 nitrogen and oxygen atoms in total. The predicted octanol–water partition coefficient (Wildman–Crippen LogP) is 7.38. The number of hydrogen-bond acceptors (Lipinski definition) is 4. The van der Waals surface area contributed by atoms with Crippen molar-refractivity contribution in [2.45, 2.75) is 41.5 Å². The van der Waals surface area contributed by atoms with Crippen LogP contribution in [0.1, 0.15) is 39.2 Å². The van der Waals surface area contributed by atoms with Gasteiger partial charge in [-0.15, -0.1) is 10.2 Å². The van der Waals surface area contributed by atoms with Crippen molar-refractivity contribution in [3.05, 3.63) is 106 Å². The van der Waals surface area contributed by atoms with Crippen LogP contribution >= 0.6 is 0 Å². The molecule has 0 atom stereocenters. The fraction of sp³-hybridized carbons (Fsp3) is 0.194. The van der Waals surface area contributed by atoms with Gasteiger partial charge in [0.25, 0.3) is 0 Å². The van der Waals surface area contributed by atoms with Gasteiger partial charge in [0, 0.05) is 39.0 Å². The second-order valence-electron chi connectivity index (χ2n) is 9.56. The third kappa shape index (κ3) is 4.29. The molecule has 36 heavy (non-hydrogen) atoms. The molecule has 0 spiro atoms. The van der Waals surface area contributed by atoms with Crippen molar-refractivity contribution in [2.24, 2.45) is 5.10 Å². The number of hydrogen-bond donors (Lipinski definition) is 1. The Balaban J connectivity index is 1.46. The van der Waals surface area contributed by atoms with Gasteiger partial charge in [0.15, 0.2) is 5.82 Å². The Labute approximate surface area is 212 Å². The summed E-state index contributed by atoms with van der Waals surface area (Å²) in [4.78, 5) is 0. The molecule has 0 saturated carbocycles. The fourth-order valence-electron chi connectivity index (χ4n) is 4.80. The Hall–Kier alpha value is -4.25. The molecule has 0 aliphatic carbocycles. The molecule has 5 heteroatoms. The molecule has 1 N–H and O–H groups in total. The van der Waals surface area contributed by atoms with Crippen molar-refractivity contribution >= 4 is 22.8 Å². The van der Waals surface area contributed by atoms with Gasteiger partial charge in [0.05, 0.1) is 6.21 Å². The zero-order valence-electron chi connectivity index (χ0n) is 21.7. The van der Waals surface area contributed by atoms with E-state index in [0.717, 1.165) is 33.3 Å². The summed E-state index contributed by atoms with van der Waals surface area (Å²) >= 11 is 0. The van der Waals surface area contributed by atoms with Crippen LogP contribution in [-0.4, -0.2) is 21.0 Å². The molecule has 0 aliphatic heterocycles. The topological polar surface area (TPSA) is 55.1 Å². The quantitative estimate of drug-likeness (QED) is 0.214. The Bertz CT molecular complexity index is 1620. The number of nitrogens with zero attached hydrogens (tertiary/aromatic N) is 4. The molecule has 0 aliphatic rings. The lowest BCUT2D eigenvalue weighted by Gasteiger charge is -2.13. The van der Waals surface area contributed by atoms with Gasteiger partial charge in [-0.25, -0.2) is 0 Å². The van der Waals surface area contributed by atoms with Crippen molar-refractivity contribution in [2.75, 3.05) is 5.43 Å². The van der Waals surface area contributed by atoms with Crippen LogP contribution in [0.2, 0.25) is 0 Å². The number of aryl methyl sites for hydroxylation is 5. The van der Waals surface area contributed by atoms with Crippen molar-refractivity contribution in [1.82, 2.24) is 14.8 Å². The molecular formula is C31H31N5. The van der Waals surface area contributed by atoms with Gasteiger partial charge in [0.2, 0.25) is 0 Å². The van der Waals surface area contributed by atoms with Crippen LogP contribution in [0.3, 0.4) is 0 Å². The summed E-state index contributed by atoms with van der Waals surface area (Å²) in [5.41, 5.74) is 14.7. The van der Waals surface area contributed by atoms with Crippen molar-refractivity contribution in [3.63, 3.8) is 0 Å². The maximum atomic E-state index is 4.58. The molecular weight excluding hydrogens is 442 g/mol. The Morgan fingerprint density at radius 3 is 2.28 bits per heavy atom. The molecule has 0 amide bonds. The second kappa shape index (κ2) is 9.42. The number of aromatic nitrogens is 3. The molecule has 0 radical (unpaired) electrons. The minimum Gasteiger partial charge on any atom is -0.318 e. The highest BCUT2D eigenvalue weighted by Crippen LogP contribution is 2.31. The van der Waals surface area contributed by atoms with Crippen LogP contribution in [0.15, 0.2) is 71.8 Å². The Morgan fingerprint density at radius 2 is 1.53 bits per heavy atom. The summed E-state index contributed by atoms with van der Waals surface area (Å²) in [6.07, 6.45) is 1.86. The molecule has 5 aromatic rings. The zero-order chi connectivity index (χ0) is 25.4. The van der Waals surface area contributed by atoms with Crippen LogP contribution in [0.25, 0.3) is 27.7 Å². The maximum absolute atomic E-state index is 4.58. The molecule has 180 valence electrons. The average Bonchev–Trinajstić information content (AvgIpc) is 3.14. The van der Waals surface area contributed by atoms with E-state index in [-0.39, 0.29) is 0 Å². The summed E-state index contributed by atoms with van der Waals surface area (Å²) in [6, 6.07) is 23.3. The second-order valence-corrected chi connectivity index (χ2v) is 9.56. The van der Waals surface area contributed by atoms with E-state index >= 15 is 0 Å². The molecule has 0 fully saturated rings. The van der Waals surface area contributed by atoms with E-state index in [9.17, 15) is 0 Å². The van der Waals surface area contributed by atoms with E-state index in [1.807, 2.05) is 18.3 Å². The van der Waals surface area contributed by atoms with E-state index in [0.29, 0.717) is 5.82 Å². The van der Waals surface area contributed by atoms with E-state index in [2.05, 4.69) is 121 Å². The smallest absolute Gasteiger partial charge is 0.176 e. The lowest BCUT2D eigenvalue weighted by molar-refractivity contribution is 0.953. The average molecular weight is 474 g/mol. The van der Waals surface area contributed by atoms with Crippen LogP contribution in [0, 0.1) is 41.5 Å². The minimum atomic E-state index is 0.637. The standard InChI is InChI=1S/C31H31N5/c1-19-11-14-29(22(4)15-19)36-23(5)17-26(24(36)6)18-32-34-31-28-10-8-7-9-27(28)30(33-35-31)25-13-12-20(2)21(3)16-25/h7-18H,1-6H3,(H,34,35). The third-order valence-electron chi connectivity index (χ3n) is 6.91. The maximum Gasteiger partial charge on any atom is 0.176 e. The monoisotopic (exact) mass is 473 g/mol. The van der Waals surface area contributed by atoms with E-state index in [1.165, 1.54) is 33.6 Å². The highest BCUT2D eigenvalue weighted by Gasteiger charge is 2.13. The number of benzene rings is 3. The minimum absolute atomic E-state index is 0.637. The van der Waals surface area contributed by atoms with Crippen LogP contribution in [0.5, 0.6) is 0 Å². The summed E-state index contributed by atoms with van der Waals surface area (Å²) in [5, 5.41) is 15.6. The number of nitrogens with one attached hydrogen (secondary N) is 1. The van der Waals surface area contributed by atoms with E-state index < -0.39 is 0 Å². The highest BCUT2D eigenvalue weighted by molar-refractivity contribution is 6.00. The molecule has 2 heterocycles. The van der Waals surface area contributed by atoms with Crippen molar-refractivity contribution in [3.8, 4) is 16.9 Å². The highest BCUT2D eigenvalue weighted by atomic mass is 15.3. The first-order valence-corrected chi connectivity index (χ1v) is 12.2. The van der Waals surface area contributed by atoms with Gasteiger partial charge >= 0.3 is 0 Å². The SMILES string of the molecule is Cc1ccc(-n2c(C)cc(C=NNc3nnc(-c4ccc(C)c(C)c4)c4ccccc34)c2C)c(C)c1. The lowest BCUT2D eigenvalue weighted by Crippen LogP contribution is -2.02. The summed E-state index contributed by atoms with van der Waals surface area (Å²) < 4.78 is 2.28. The fourth-order valence-corrected chi connectivity index (χ4v) is 4.80. The number of rotatable bonds is 5. The van der Waals surface area contributed by atoms with Crippen molar-refractivity contribution in [1.29, 1.82) is 0 Å². The lowest BCUT2D eigenvalue weighted by atomic mass is 10.0. The van der Waals surface area contributed by atoms with Gasteiger partial charge in [0.1, 0.15) is 5.69 Å². The molecule has 0 unspecified atom stereocenters. The van der Waals surface area contributed by atoms with Gasteiger partial charge in [-0.1, -0.05) is 54.1 Å². The van der Waals surface area contributed by atoms with E-state index in [4.69, 9.17) is 0 Å². The largest absolute Gasteiger partial charge is 0.318 e. The normalized spacial score (nSPS) is 11.5. The first-order valence-electron chi connectivity index (χ1n) is 12.2. The first kappa shape index (κ1) is 23.5. The van der Waals surface area contributed by atoms with Crippen LogP contribution in [0.4, 0.5) is 5.82 Å². The predicted molar refractivity (Wildman–Crippen MR) is 150 cm³/mol. The molecule has 0 bridgehead atoms. The van der Waals surface area contributed by atoms with E-state index in [1.54, 1.807) is 0 Å². The molecule has 5 rings (SSSR count). The summed E-state index contributed by atoms with van der Waals surface area (Å²) in [6.45, 7) is 12.8. The Morgan fingerprint density at radius 1 is 0.750 bits per heavy atom. The Kier molecular flexibility index (Phi) is 6.15. The number of hydrazone groups is 1. The van der Waals surface area contributed by atoms with Gasteiger partial charge in [-0.3, -0.25) is 5.43 Å². The summed E-state index contributed by atoms with van der Waals surface area (Å²) in [7, 11) is 0. The van der Waals surface area contributed by atoms with Crippen molar-refractivity contribution < 1.29 is 0 Å². The first-order chi connectivity index (χ1) is 17.3. The van der Waals surface area contributed by atoms with Gasteiger partial charge in [-0.2, -0.15) is 5.10 Å². The number of fused-ring (bicyclic) bond motifs is 1. The van der Waals surface area contributed by atoms with Gasteiger partial charge in [-0.05, 0) is 76.4 Å². The zero-order valence-corrected chi connectivity index (χ0v) is 21.7. The summed E-state index contributed by atoms with van der Waals surface area (Å²) in [5.74, 6) is 0.637. The number of anilines is 1. The van der Waals surface area contributed by atoms with Gasteiger partial charge < -0.3 is 4.57 Å². The molecule has 2 aromatic heterocycles. The third-order valence-corrected chi connectivity index (χ3v) is 6.91. The van der Waals surface area contributed by atoms with Crippen LogP contribution in [-0.2, 0) is 0 Å². The molecule has 3 aromatic carbocycles. The van der Waals surface area contributed by atoms with Crippen LogP contribution < -0.4 is 5.43 Å².